The van der Waals surface area contributed by atoms with Crippen LogP contribution >= 0.6 is 15.9 Å². The number of hydrogen-bond donors (Lipinski definition) is 0. The van der Waals surface area contributed by atoms with Crippen molar-refractivity contribution in [3.8, 4) is 0 Å². The van der Waals surface area contributed by atoms with Gasteiger partial charge in [0, 0.05) is 17.6 Å². The lowest BCUT2D eigenvalue weighted by atomic mass is 9.82. The molecule has 1 heterocycles. The monoisotopic (exact) mass is 326 g/mol. The van der Waals surface area contributed by atoms with Crippen LogP contribution in [0.15, 0.2) is 6.07 Å². The lowest BCUT2D eigenvalue weighted by Gasteiger charge is -2.31. The van der Waals surface area contributed by atoms with Gasteiger partial charge in [-0.1, -0.05) is 55.5 Å². The predicted molar refractivity (Wildman–Crippen MR) is 84.9 cm³/mol. The van der Waals surface area contributed by atoms with Crippen molar-refractivity contribution in [3.05, 3.63) is 17.5 Å². The summed E-state index contributed by atoms with van der Waals surface area (Å²) in [5, 5.41) is 5.93. The Balaban J connectivity index is 2.18. The van der Waals surface area contributed by atoms with Crippen LogP contribution in [-0.2, 0) is 19.4 Å². The normalized spacial score (nSPS) is 19.3. The highest BCUT2D eigenvalue weighted by molar-refractivity contribution is 9.09. The second-order valence-electron chi connectivity index (χ2n) is 6.04. The van der Waals surface area contributed by atoms with E-state index in [2.05, 4.69) is 40.5 Å². The van der Waals surface area contributed by atoms with Crippen LogP contribution in [0.1, 0.15) is 63.8 Å². The summed E-state index contributed by atoms with van der Waals surface area (Å²) >= 11 is 3.79. The van der Waals surface area contributed by atoms with E-state index in [-0.39, 0.29) is 0 Å². The van der Waals surface area contributed by atoms with Gasteiger partial charge >= 0.3 is 0 Å². The molecule has 0 aromatic carbocycles. The maximum absolute atomic E-state index is 4.81. The first-order valence-corrected chi connectivity index (χ1v) is 8.97. The Bertz CT molecular complexity index is 389. The second-order valence-corrected chi connectivity index (χ2v) is 6.60. The number of halogens is 1. The van der Waals surface area contributed by atoms with Crippen molar-refractivity contribution >= 4 is 15.9 Å². The van der Waals surface area contributed by atoms with E-state index in [1.807, 2.05) is 0 Å². The molecule has 0 atom stereocenters. The van der Waals surface area contributed by atoms with Gasteiger partial charge < -0.3 is 0 Å². The van der Waals surface area contributed by atoms with Crippen molar-refractivity contribution in [1.29, 1.82) is 0 Å². The highest BCUT2D eigenvalue weighted by Gasteiger charge is 2.31. The first-order chi connectivity index (χ1) is 9.23. The Labute approximate surface area is 126 Å². The molecule has 0 unspecified atom stereocenters. The number of aromatic nitrogens is 2. The smallest absolute Gasteiger partial charge is 0.0624 e. The topological polar surface area (TPSA) is 17.8 Å². The van der Waals surface area contributed by atoms with Crippen molar-refractivity contribution in [1.82, 2.24) is 9.78 Å². The van der Waals surface area contributed by atoms with Crippen LogP contribution in [0.3, 0.4) is 0 Å². The SMILES string of the molecule is CCc1cc(CC)n(CC2(CBr)CCCCCC2)n1. The molecule has 1 aliphatic rings. The van der Waals surface area contributed by atoms with Gasteiger partial charge in [-0.2, -0.15) is 5.10 Å². The van der Waals surface area contributed by atoms with Gasteiger partial charge in [0.25, 0.3) is 0 Å². The summed E-state index contributed by atoms with van der Waals surface area (Å²) in [6.07, 6.45) is 10.4. The van der Waals surface area contributed by atoms with E-state index in [0.717, 1.165) is 24.7 Å². The van der Waals surface area contributed by atoms with Crippen LogP contribution in [0.4, 0.5) is 0 Å². The largest absolute Gasteiger partial charge is 0.269 e. The van der Waals surface area contributed by atoms with Crippen LogP contribution in [0.2, 0.25) is 0 Å². The lowest BCUT2D eigenvalue weighted by Crippen LogP contribution is -2.29. The summed E-state index contributed by atoms with van der Waals surface area (Å²) in [4.78, 5) is 0. The molecule has 0 saturated heterocycles. The average molecular weight is 327 g/mol. The molecule has 1 aromatic heterocycles. The molecule has 2 rings (SSSR count). The highest BCUT2D eigenvalue weighted by Crippen LogP contribution is 2.38. The highest BCUT2D eigenvalue weighted by atomic mass is 79.9. The van der Waals surface area contributed by atoms with Gasteiger partial charge in [0.1, 0.15) is 0 Å². The molecule has 1 fully saturated rings. The Morgan fingerprint density at radius 2 is 1.84 bits per heavy atom. The Morgan fingerprint density at radius 3 is 2.37 bits per heavy atom. The Hall–Kier alpha value is -0.310. The summed E-state index contributed by atoms with van der Waals surface area (Å²) in [5.41, 5.74) is 3.08. The predicted octanol–water partition coefficient (Wildman–Crippen LogP) is 4.74. The van der Waals surface area contributed by atoms with E-state index in [4.69, 9.17) is 5.10 Å². The maximum atomic E-state index is 4.81. The van der Waals surface area contributed by atoms with Gasteiger partial charge in [-0.25, -0.2) is 0 Å². The standard InChI is InChI=1S/C16H27BrN2/c1-3-14-11-15(4-2)19(18-14)13-16(12-17)9-7-5-6-8-10-16/h11H,3-10,12-13H2,1-2H3. The zero-order valence-electron chi connectivity index (χ0n) is 12.4. The second kappa shape index (κ2) is 6.92. The molecule has 108 valence electrons. The molecule has 2 nitrogen and oxygen atoms in total. The molecule has 0 aliphatic heterocycles. The fraction of sp³-hybridized carbons (Fsp3) is 0.812. The van der Waals surface area contributed by atoms with Crippen molar-refractivity contribution in [2.75, 3.05) is 5.33 Å². The van der Waals surface area contributed by atoms with E-state index >= 15 is 0 Å². The van der Waals surface area contributed by atoms with Crippen molar-refractivity contribution < 1.29 is 0 Å². The van der Waals surface area contributed by atoms with Crippen LogP contribution < -0.4 is 0 Å². The number of rotatable bonds is 5. The zero-order valence-corrected chi connectivity index (χ0v) is 14.0. The first kappa shape index (κ1) is 15.1. The van der Waals surface area contributed by atoms with Crippen LogP contribution in [0.25, 0.3) is 0 Å². The quantitative estimate of drug-likeness (QED) is 0.564. The molecule has 1 aliphatic carbocycles. The third kappa shape index (κ3) is 3.62. The Kier molecular flexibility index (Phi) is 5.49. The first-order valence-electron chi connectivity index (χ1n) is 7.84. The minimum Gasteiger partial charge on any atom is -0.269 e. The summed E-state index contributed by atoms with van der Waals surface area (Å²) in [5.74, 6) is 0. The maximum Gasteiger partial charge on any atom is 0.0624 e. The molecular formula is C16H27BrN2. The molecule has 19 heavy (non-hydrogen) atoms. The molecule has 1 aromatic rings. The molecule has 0 spiro atoms. The number of hydrogen-bond acceptors (Lipinski definition) is 1. The molecule has 3 heteroatoms. The number of nitrogens with zero attached hydrogens (tertiary/aromatic N) is 2. The van der Waals surface area contributed by atoms with E-state index in [0.29, 0.717) is 5.41 Å². The molecule has 0 radical (unpaired) electrons. The van der Waals surface area contributed by atoms with Gasteiger partial charge in [0.15, 0.2) is 0 Å². The van der Waals surface area contributed by atoms with E-state index < -0.39 is 0 Å². The molecular weight excluding hydrogens is 300 g/mol. The van der Waals surface area contributed by atoms with Crippen LogP contribution in [0, 0.1) is 5.41 Å². The van der Waals surface area contributed by atoms with E-state index in [1.165, 1.54) is 49.9 Å². The van der Waals surface area contributed by atoms with Crippen LogP contribution in [0.5, 0.6) is 0 Å². The van der Waals surface area contributed by atoms with Crippen molar-refractivity contribution in [2.45, 2.75) is 71.8 Å². The zero-order chi connectivity index (χ0) is 13.7. The summed E-state index contributed by atoms with van der Waals surface area (Å²) in [7, 11) is 0. The number of aryl methyl sites for hydroxylation is 2. The lowest BCUT2D eigenvalue weighted by molar-refractivity contribution is 0.228. The third-order valence-corrected chi connectivity index (χ3v) is 5.76. The molecule has 1 saturated carbocycles. The summed E-state index contributed by atoms with van der Waals surface area (Å²) < 4.78 is 2.30. The molecule has 0 bridgehead atoms. The average Bonchev–Trinajstić information content (AvgIpc) is 2.68. The molecule has 0 N–H and O–H groups in total. The van der Waals surface area contributed by atoms with Gasteiger partial charge in [0.2, 0.25) is 0 Å². The van der Waals surface area contributed by atoms with E-state index in [9.17, 15) is 0 Å². The number of alkyl halides is 1. The van der Waals surface area contributed by atoms with Crippen LogP contribution in [-0.4, -0.2) is 15.1 Å². The van der Waals surface area contributed by atoms with Gasteiger partial charge in [-0.05, 0) is 37.2 Å². The minimum atomic E-state index is 0.428. The van der Waals surface area contributed by atoms with E-state index in [1.54, 1.807) is 0 Å². The molecule has 0 amide bonds. The van der Waals surface area contributed by atoms with Gasteiger partial charge in [-0.3, -0.25) is 4.68 Å². The van der Waals surface area contributed by atoms with Gasteiger partial charge in [-0.15, -0.1) is 0 Å². The fourth-order valence-electron chi connectivity index (χ4n) is 3.24. The summed E-state index contributed by atoms with van der Waals surface area (Å²) in [6.45, 7) is 5.53. The Morgan fingerprint density at radius 1 is 1.16 bits per heavy atom. The van der Waals surface area contributed by atoms with Gasteiger partial charge in [0.05, 0.1) is 5.69 Å². The van der Waals surface area contributed by atoms with Crippen molar-refractivity contribution in [3.63, 3.8) is 0 Å². The third-order valence-electron chi connectivity index (χ3n) is 4.57. The minimum absolute atomic E-state index is 0.428. The summed E-state index contributed by atoms with van der Waals surface area (Å²) in [6, 6.07) is 2.29. The fourth-order valence-corrected chi connectivity index (χ4v) is 3.98. The van der Waals surface area contributed by atoms with Crippen molar-refractivity contribution in [2.24, 2.45) is 5.41 Å².